The summed E-state index contributed by atoms with van der Waals surface area (Å²) in [7, 11) is 0. The van der Waals surface area contributed by atoms with E-state index in [1.54, 1.807) is 0 Å². The predicted octanol–water partition coefficient (Wildman–Crippen LogP) is 12.0. The minimum absolute atomic E-state index is 0.327. The van der Waals surface area contributed by atoms with Gasteiger partial charge in [0.05, 0.1) is 16.9 Å². The first-order valence-electron chi connectivity index (χ1n) is 17.7. The molecule has 0 fully saturated rings. The summed E-state index contributed by atoms with van der Waals surface area (Å²) in [5.41, 5.74) is 14.4. The molecule has 4 aromatic carbocycles. The quantitative estimate of drug-likeness (QED) is 0.182. The number of hydrogen-bond donors (Lipinski definition) is 0. The largest absolute Gasteiger partial charge is 0.313 e. The fourth-order valence-corrected chi connectivity index (χ4v) is 9.23. The van der Waals surface area contributed by atoms with Crippen LogP contribution in [0.15, 0.2) is 145 Å². The van der Waals surface area contributed by atoms with Gasteiger partial charge in [-0.25, -0.2) is 0 Å². The van der Waals surface area contributed by atoms with Gasteiger partial charge in [-0.3, -0.25) is 15.0 Å². The van der Waals surface area contributed by atoms with Gasteiger partial charge < -0.3 is 4.57 Å². The van der Waals surface area contributed by atoms with Crippen LogP contribution in [-0.2, 0) is 6.42 Å². The SMILES string of the molecule is CC1Cc2c(c3ccccc3n2-c2ccc3sc4cc(C5=NC=CCC5)c(-c5ccccn5)cc4c3c2)C=C1c1ccccc1-c1ccccn1. The summed E-state index contributed by atoms with van der Waals surface area (Å²) in [6.45, 7) is 2.37. The Balaban J connectivity index is 1.16. The highest BCUT2D eigenvalue weighted by Crippen LogP contribution is 2.45. The maximum absolute atomic E-state index is 4.82. The van der Waals surface area contributed by atoms with E-state index in [2.05, 4.69) is 127 Å². The molecule has 0 saturated carbocycles. The van der Waals surface area contributed by atoms with Crippen LogP contribution in [0, 0.1) is 5.92 Å². The molecule has 0 bridgehead atoms. The fraction of sp³-hybridized carbons (Fsp3) is 0.109. The average Bonchev–Trinajstić information content (AvgIpc) is 3.72. The molecule has 8 aromatic rings. The first kappa shape index (κ1) is 30.0. The Kier molecular flexibility index (Phi) is 7.14. The monoisotopic (exact) mass is 674 g/mol. The Morgan fingerprint density at radius 2 is 1.41 bits per heavy atom. The summed E-state index contributed by atoms with van der Waals surface area (Å²) in [5, 5.41) is 3.82. The Labute approximate surface area is 300 Å². The number of fused-ring (bicyclic) bond motifs is 6. The van der Waals surface area contributed by atoms with Crippen molar-refractivity contribution in [2.75, 3.05) is 0 Å². The molecule has 4 aromatic heterocycles. The summed E-state index contributed by atoms with van der Waals surface area (Å²) < 4.78 is 5.08. The van der Waals surface area contributed by atoms with Crippen LogP contribution in [-0.4, -0.2) is 20.2 Å². The van der Waals surface area contributed by atoms with Crippen LogP contribution >= 0.6 is 11.3 Å². The lowest BCUT2D eigenvalue weighted by Crippen LogP contribution is -2.13. The number of benzene rings is 4. The molecule has 0 saturated heterocycles. The maximum Gasteiger partial charge on any atom is 0.0708 e. The molecule has 0 N–H and O–H groups in total. The van der Waals surface area contributed by atoms with E-state index in [1.165, 1.54) is 70.3 Å². The van der Waals surface area contributed by atoms with Crippen molar-refractivity contribution in [1.29, 1.82) is 0 Å². The van der Waals surface area contributed by atoms with Crippen LogP contribution in [0.5, 0.6) is 0 Å². The van der Waals surface area contributed by atoms with Crippen LogP contribution in [0.3, 0.4) is 0 Å². The molecule has 5 heterocycles. The van der Waals surface area contributed by atoms with Gasteiger partial charge in [0, 0.05) is 83.5 Å². The summed E-state index contributed by atoms with van der Waals surface area (Å²) in [4.78, 5) is 14.3. The second kappa shape index (κ2) is 12.1. The molecule has 0 radical (unpaired) electrons. The Hall–Kier alpha value is -5.91. The number of aliphatic imine (C=N–C) groups is 1. The van der Waals surface area contributed by atoms with E-state index in [-0.39, 0.29) is 0 Å². The van der Waals surface area contributed by atoms with Crippen LogP contribution in [0.25, 0.3) is 70.9 Å². The highest BCUT2D eigenvalue weighted by molar-refractivity contribution is 7.25. The molecular weight excluding hydrogens is 641 g/mol. The maximum atomic E-state index is 4.82. The topological polar surface area (TPSA) is 43.1 Å². The van der Waals surface area contributed by atoms with E-state index in [4.69, 9.17) is 15.0 Å². The molecule has 0 spiro atoms. The molecule has 0 amide bonds. The second-order valence-corrected chi connectivity index (χ2v) is 14.7. The highest BCUT2D eigenvalue weighted by Gasteiger charge is 2.27. The molecule has 1 aliphatic carbocycles. The van der Waals surface area contributed by atoms with Crippen molar-refractivity contribution < 1.29 is 0 Å². The van der Waals surface area contributed by atoms with Gasteiger partial charge >= 0.3 is 0 Å². The zero-order chi connectivity index (χ0) is 33.9. The number of thiophene rings is 1. The number of rotatable bonds is 5. The summed E-state index contributed by atoms with van der Waals surface area (Å²) in [6, 6.07) is 41.7. The molecule has 1 aliphatic heterocycles. The van der Waals surface area contributed by atoms with Gasteiger partial charge in [0.25, 0.3) is 0 Å². The lowest BCUT2D eigenvalue weighted by Gasteiger charge is -2.25. The first-order valence-corrected chi connectivity index (χ1v) is 18.5. The molecular formula is C46H34N4S. The average molecular weight is 675 g/mol. The Morgan fingerprint density at radius 3 is 2.20 bits per heavy atom. The summed E-state index contributed by atoms with van der Waals surface area (Å²) >= 11 is 1.86. The van der Waals surface area contributed by atoms with Crippen molar-refractivity contribution in [3.05, 3.63) is 162 Å². The molecule has 10 rings (SSSR count). The van der Waals surface area contributed by atoms with Crippen molar-refractivity contribution in [1.82, 2.24) is 14.5 Å². The number of pyridine rings is 2. The second-order valence-electron chi connectivity index (χ2n) is 13.6. The Bertz CT molecular complexity index is 2730. The van der Waals surface area contributed by atoms with Gasteiger partial charge in [-0.2, -0.15) is 0 Å². The van der Waals surface area contributed by atoms with Crippen molar-refractivity contribution in [3.63, 3.8) is 0 Å². The van der Waals surface area contributed by atoms with E-state index < -0.39 is 0 Å². The van der Waals surface area contributed by atoms with Crippen molar-refractivity contribution in [2.45, 2.75) is 26.2 Å². The number of hydrogen-bond acceptors (Lipinski definition) is 4. The van der Waals surface area contributed by atoms with Crippen molar-refractivity contribution in [3.8, 4) is 28.2 Å². The number of aromatic nitrogens is 3. The zero-order valence-electron chi connectivity index (χ0n) is 28.3. The molecule has 1 atom stereocenters. The van der Waals surface area contributed by atoms with Crippen molar-refractivity contribution in [2.24, 2.45) is 10.9 Å². The summed E-state index contributed by atoms with van der Waals surface area (Å²) in [5.74, 6) is 0.327. The highest BCUT2D eigenvalue weighted by atomic mass is 32.1. The Morgan fingerprint density at radius 1 is 0.667 bits per heavy atom. The first-order chi connectivity index (χ1) is 25.2. The normalized spacial score (nSPS) is 15.7. The third kappa shape index (κ3) is 4.99. The van der Waals surface area contributed by atoms with E-state index in [0.717, 1.165) is 41.9 Å². The minimum Gasteiger partial charge on any atom is -0.313 e. The number of allylic oxidation sites excluding steroid dienone is 2. The smallest absolute Gasteiger partial charge is 0.0708 e. The van der Waals surface area contributed by atoms with Crippen LogP contribution < -0.4 is 0 Å². The third-order valence-corrected chi connectivity index (χ3v) is 11.6. The summed E-state index contributed by atoms with van der Waals surface area (Å²) in [6.07, 6.45) is 13.2. The fourth-order valence-electron chi connectivity index (χ4n) is 8.12. The van der Waals surface area contributed by atoms with Gasteiger partial charge in [0.1, 0.15) is 0 Å². The molecule has 51 heavy (non-hydrogen) atoms. The molecule has 2 aliphatic rings. The van der Waals surface area contributed by atoms with Gasteiger partial charge in [0.15, 0.2) is 0 Å². The lowest BCUT2D eigenvalue weighted by atomic mass is 9.81. The predicted molar refractivity (Wildman–Crippen MR) is 215 cm³/mol. The third-order valence-electron chi connectivity index (χ3n) is 10.5. The number of para-hydroxylation sites is 1. The number of nitrogens with zero attached hydrogens (tertiary/aromatic N) is 4. The van der Waals surface area contributed by atoms with E-state index in [0.29, 0.717) is 5.92 Å². The minimum atomic E-state index is 0.327. The standard InChI is InChI=1S/C46H34N4S/c1-29-24-44-37(26-34(29)31-12-2-3-13-32(31)40-15-6-9-21-47-40)33-14-4-5-18-43(33)50(44)30-19-20-45-38(25-30)39-27-35(41-16-7-10-22-48-41)36(28-46(39)51-45)42-17-8-11-23-49-42/h2-7,9-16,18-23,25-29H,8,17,24H2,1H3. The van der Waals surface area contributed by atoms with E-state index >= 15 is 0 Å². The molecule has 244 valence electrons. The van der Waals surface area contributed by atoms with Gasteiger partial charge in [-0.15, -0.1) is 11.3 Å². The van der Waals surface area contributed by atoms with E-state index in [1.807, 2.05) is 42.1 Å². The molecule has 4 nitrogen and oxygen atoms in total. The van der Waals surface area contributed by atoms with Crippen molar-refractivity contribution >= 4 is 59.8 Å². The van der Waals surface area contributed by atoms with Crippen LogP contribution in [0.4, 0.5) is 0 Å². The van der Waals surface area contributed by atoms with E-state index in [9.17, 15) is 0 Å². The van der Waals surface area contributed by atoms with Crippen LogP contribution in [0.2, 0.25) is 0 Å². The van der Waals surface area contributed by atoms with Gasteiger partial charge in [0.2, 0.25) is 0 Å². The molecule has 1 unspecified atom stereocenters. The van der Waals surface area contributed by atoms with Gasteiger partial charge in [-0.05, 0) is 103 Å². The van der Waals surface area contributed by atoms with Crippen LogP contribution in [0.1, 0.15) is 42.1 Å². The van der Waals surface area contributed by atoms with Gasteiger partial charge in [-0.1, -0.05) is 67.6 Å². The zero-order valence-corrected chi connectivity index (χ0v) is 29.1. The molecule has 5 heteroatoms. The lowest BCUT2D eigenvalue weighted by molar-refractivity contribution is 0.708.